The predicted molar refractivity (Wildman–Crippen MR) is 104 cm³/mol. The second-order valence-electron chi connectivity index (χ2n) is 6.22. The number of anilines is 1. The fourth-order valence-corrected chi connectivity index (χ4v) is 3.92. The van der Waals surface area contributed by atoms with Crippen molar-refractivity contribution in [2.75, 3.05) is 5.32 Å². The molecule has 0 aliphatic carbocycles. The Bertz CT molecular complexity index is 957. The maximum absolute atomic E-state index is 13.3. The first-order valence-corrected chi connectivity index (χ1v) is 9.74. The van der Waals surface area contributed by atoms with E-state index in [4.69, 9.17) is 4.74 Å². The molecule has 2 heterocycles. The van der Waals surface area contributed by atoms with Gasteiger partial charge in [0, 0.05) is 17.1 Å². The minimum atomic E-state index is -0.673. The summed E-state index contributed by atoms with van der Waals surface area (Å²) < 4.78 is 20.6. The van der Waals surface area contributed by atoms with Crippen molar-refractivity contribution in [3.05, 3.63) is 71.7 Å². The highest BCUT2D eigenvalue weighted by atomic mass is 32.2. The monoisotopic (exact) mass is 383 g/mol. The van der Waals surface area contributed by atoms with Crippen LogP contribution in [0.3, 0.4) is 0 Å². The maximum atomic E-state index is 13.3. The Morgan fingerprint density at radius 3 is 2.67 bits per heavy atom. The van der Waals surface area contributed by atoms with E-state index in [0.29, 0.717) is 17.3 Å². The fraction of sp³-hybridized carbons (Fsp3) is 0.200. The number of ether oxygens (including phenoxy) is 1. The molecule has 5 nitrogen and oxygen atoms in total. The third-order valence-corrected chi connectivity index (χ3v) is 5.26. The van der Waals surface area contributed by atoms with Gasteiger partial charge in [-0.3, -0.25) is 4.79 Å². The molecule has 0 bridgehead atoms. The van der Waals surface area contributed by atoms with Crippen LogP contribution in [0.15, 0.2) is 54.6 Å². The zero-order valence-electron chi connectivity index (χ0n) is 14.7. The molecular weight excluding hydrogens is 365 g/mol. The molecule has 7 heteroatoms. The molecule has 0 saturated carbocycles. The van der Waals surface area contributed by atoms with E-state index in [1.807, 2.05) is 18.2 Å². The first kappa shape index (κ1) is 17.6. The van der Waals surface area contributed by atoms with E-state index >= 15 is 0 Å². The van der Waals surface area contributed by atoms with Crippen LogP contribution in [0.1, 0.15) is 18.2 Å². The van der Waals surface area contributed by atoms with Crippen molar-refractivity contribution in [1.29, 1.82) is 0 Å². The Morgan fingerprint density at radius 1 is 1.19 bits per heavy atom. The number of thioether (sulfide) groups is 1. The molecular formula is C20H18FN3O2S. The maximum Gasteiger partial charge on any atom is 0.266 e. The molecule has 1 amide bonds. The van der Waals surface area contributed by atoms with Crippen molar-refractivity contribution in [2.45, 2.75) is 24.5 Å². The average Bonchev–Trinajstić information content (AvgIpc) is 3.26. The molecule has 0 saturated heterocycles. The highest BCUT2D eigenvalue weighted by Crippen LogP contribution is 2.36. The van der Waals surface area contributed by atoms with Gasteiger partial charge in [-0.1, -0.05) is 18.2 Å². The highest BCUT2D eigenvalue weighted by molar-refractivity contribution is 7.98. The number of benzene rings is 2. The van der Waals surface area contributed by atoms with Crippen LogP contribution >= 0.6 is 11.8 Å². The van der Waals surface area contributed by atoms with E-state index in [-0.39, 0.29) is 11.7 Å². The number of hydrogen-bond acceptors (Lipinski definition) is 4. The molecule has 3 aromatic rings. The van der Waals surface area contributed by atoms with Crippen LogP contribution in [0.5, 0.6) is 5.75 Å². The second kappa shape index (κ2) is 7.44. The Kier molecular flexibility index (Phi) is 4.85. The van der Waals surface area contributed by atoms with Crippen molar-refractivity contribution in [3.8, 4) is 11.4 Å². The van der Waals surface area contributed by atoms with Crippen LogP contribution < -0.4 is 10.1 Å². The van der Waals surface area contributed by atoms with E-state index in [1.165, 1.54) is 12.1 Å². The van der Waals surface area contributed by atoms with E-state index < -0.39 is 6.10 Å². The summed E-state index contributed by atoms with van der Waals surface area (Å²) in [6, 6.07) is 15.3. The standard InChI is InChI=1S/C20H18FN3O2S/c1-13(26-16-5-3-2-4-6-16)20(25)22-19-17-11-27-12-18(17)23-24(19)15-9-7-14(21)8-10-15/h2-10,13H,11-12H2,1H3,(H,22,25)/t13-/m1/s1. The first-order chi connectivity index (χ1) is 13.1. The molecule has 4 rings (SSSR count). The van der Waals surface area contributed by atoms with Gasteiger partial charge < -0.3 is 10.1 Å². The lowest BCUT2D eigenvalue weighted by molar-refractivity contribution is -0.122. The quantitative estimate of drug-likeness (QED) is 0.719. The van der Waals surface area contributed by atoms with Crippen molar-refractivity contribution in [2.24, 2.45) is 0 Å². The average molecular weight is 383 g/mol. The number of fused-ring (bicyclic) bond motifs is 1. The van der Waals surface area contributed by atoms with Gasteiger partial charge in [0.2, 0.25) is 0 Å². The predicted octanol–water partition coefficient (Wildman–Crippen LogP) is 4.16. The van der Waals surface area contributed by atoms with Crippen molar-refractivity contribution in [3.63, 3.8) is 0 Å². The molecule has 0 spiro atoms. The zero-order valence-corrected chi connectivity index (χ0v) is 15.5. The minimum Gasteiger partial charge on any atom is -0.481 e. The largest absolute Gasteiger partial charge is 0.481 e. The van der Waals surface area contributed by atoms with E-state index in [2.05, 4.69) is 10.4 Å². The summed E-state index contributed by atoms with van der Waals surface area (Å²) in [6.45, 7) is 1.70. The van der Waals surface area contributed by atoms with Crippen molar-refractivity contribution >= 4 is 23.5 Å². The number of carbonyl (C=O) groups excluding carboxylic acids is 1. The summed E-state index contributed by atoms with van der Waals surface area (Å²) in [5.41, 5.74) is 2.64. The molecule has 1 N–H and O–H groups in total. The molecule has 27 heavy (non-hydrogen) atoms. The van der Waals surface area contributed by atoms with Gasteiger partial charge in [0.25, 0.3) is 5.91 Å². The van der Waals surface area contributed by atoms with Crippen LogP contribution in [0.25, 0.3) is 5.69 Å². The van der Waals surface area contributed by atoms with E-state index in [1.54, 1.807) is 47.6 Å². The Labute approximate surface area is 160 Å². The van der Waals surface area contributed by atoms with Gasteiger partial charge in [-0.05, 0) is 43.3 Å². The van der Waals surface area contributed by atoms with Crippen molar-refractivity contribution in [1.82, 2.24) is 9.78 Å². The highest BCUT2D eigenvalue weighted by Gasteiger charge is 2.26. The molecule has 0 fully saturated rings. The topological polar surface area (TPSA) is 56.1 Å². The minimum absolute atomic E-state index is 0.262. The lowest BCUT2D eigenvalue weighted by Crippen LogP contribution is -2.31. The van der Waals surface area contributed by atoms with Crippen molar-refractivity contribution < 1.29 is 13.9 Å². The second-order valence-corrected chi connectivity index (χ2v) is 7.20. The fourth-order valence-electron chi connectivity index (χ4n) is 2.89. The molecule has 1 aromatic heterocycles. The Hall–Kier alpha value is -2.80. The number of halogens is 1. The number of aromatic nitrogens is 2. The summed E-state index contributed by atoms with van der Waals surface area (Å²) in [7, 11) is 0. The molecule has 0 radical (unpaired) electrons. The Balaban J connectivity index is 1.59. The zero-order chi connectivity index (χ0) is 18.8. The molecule has 1 aliphatic heterocycles. The number of nitrogens with zero attached hydrogens (tertiary/aromatic N) is 2. The normalized spacial score (nSPS) is 13.9. The van der Waals surface area contributed by atoms with Crippen LogP contribution in [0.4, 0.5) is 10.2 Å². The SMILES string of the molecule is C[C@@H](Oc1ccccc1)C(=O)Nc1c2c(nn1-c1ccc(F)cc1)CSC2. The summed E-state index contributed by atoms with van der Waals surface area (Å²) in [5, 5.41) is 7.56. The molecule has 1 atom stereocenters. The van der Waals surface area contributed by atoms with E-state index in [0.717, 1.165) is 22.8 Å². The molecule has 1 aliphatic rings. The third kappa shape index (κ3) is 3.68. The molecule has 2 aromatic carbocycles. The van der Waals surface area contributed by atoms with Crippen LogP contribution in [0.2, 0.25) is 0 Å². The van der Waals surface area contributed by atoms with Crippen LogP contribution in [-0.4, -0.2) is 21.8 Å². The van der Waals surface area contributed by atoms with Gasteiger partial charge in [-0.15, -0.1) is 0 Å². The smallest absolute Gasteiger partial charge is 0.266 e. The Morgan fingerprint density at radius 2 is 1.93 bits per heavy atom. The summed E-state index contributed by atoms with van der Waals surface area (Å²) >= 11 is 1.75. The number of amides is 1. The van der Waals surface area contributed by atoms with Gasteiger partial charge in [-0.2, -0.15) is 16.9 Å². The third-order valence-electron chi connectivity index (χ3n) is 4.29. The number of hydrogen-bond donors (Lipinski definition) is 1. The molecule has 138 valence electrons. The summed E-state index contributed by atoms with van der Waals surface area (Å²) in [5.74, 6) is 2.25. The van der Waals surface area contributed by atoms with Crippen LogP contribution in [-0.2, 0) is 16.3 Å². The first-order valence-electron chi connectivity index (χ1n) is 8.59. The van der Waals surface area contributed by atoms with Gasteiger partial charge in [-0.25, -0.2) is 9.07 Å². The van der Waals surface area contributed by atoms with Crippen LogP contribution in [0, 0.1) is 5.82 Å². The summed E-state index contributed by atoms with van der Waals surface area (Å²) in [4.78, 5) is 12.7. The number of carbonyl (C=O) groups is 1. The van der Waals surface area contributed by atoms with E-state index in [9.17, 15) is 9.18 Å². The lowest BCUT2D eigenvalue weighted by Gasteiger charge is -2.16. The van der Waals surface area contributed by atoms with Gasteiger partial charge in [0.1, 0.15) is 17.4 Å². The number of nitrogens with one attached hydrogen (secondary N) is 1. The lowest BCUT2D eigenvalue weighted by atomic mass is 10.2. The van der Waals surface area contributed by atoms with Gasteiger partial charge in [0.15, 0.2) is 6.10 Å². The van der Waals surface area contributed by atoms with Gasteiger partial charge >= 0.3 is 0 Å². The number of para-hydroxylation sites is 1. The van der Waals surface area contributed by atoms with Gasteiger partial charge in [0.05, 0.1) is 11.4 Å². The summed E-state index contributed by atoms with van der Waals surface area (Å²) in [6.07, 6.45) is -0.673. The molecule has 0 unspecified atom stereocenters. The number of rotatable bonds is 5.